The molecule has 19 heavy (non-hydrogen) atoms. The van der Waals surface area contributed by atoms with Gasteiger partial charge in [0.2, 0.25) is 5.91 Å². The molecule has 1 aromatic rings. The Bertz CT molecular complexity index is 549. The number of esters is 1. The van der Waals surface area contributed by atoms with Gasteiger partial charge in [-0.15, -0.1) is 0 Å². The number of aliphatic carboxylic acids is 1. The third kappa shape index (κ3) is 3.88. The van der Waals surface area contributed by atoms with Gasteiger partial charge >= 0.3 is 11.9 Å². The summed E-state index contributed by atoms with van der Waals surface area (Å²) in [5, 5.41) is 11.2. The van der Waals surface area contributed by atoms with Crippen molar-refractivity contribution in [2.75, 3.05) is 12.4 Å². The first kappa shape index (κ1) is 14.8. The predicted molar refractivity (Wildman–Crippen MR) is 68.2 cm³/mol. The normalized spacial score (nSPS) is 9.79. The van der Waals surface area contributed by atoms with E-state index in [1.54, 1.807) is 6.92 Å². The zero-order valence-corrected chi connectivity index (χ0v) is 11.2. The minimum absolute atomic E-state index is 0.209. The minimum atomic E-state index is -1.24. The molecule has 8 heteroatoms. The molecule has 0 unspecified atom stereocenters. The summed E-state index contributed by atoms with van der Waals surface area (Å²) < 4.78 is 4.56. The molecule has 0 aliphatic carbocycles. The maximum Gasteiger partial charge on any atom is 0.350 e. The average molecular weight is 284 g/mol. The Balaban J connectivity index is 2.73. The standard InChI is InChI=1S/C11H12N2O5S/c1-5(9(15)16)4-7(14)13-11-12-6(2)8(19-11)10(17)18-3/h1,4H2,2-3H3,(H,15,16)(H,12,13,14). The molecule has 0 atom stereocenters. The Hall–Kier alpha value is -2.22. The predicted octanol–water partition coefficient (Wildman–Crippen LogP) is 1.21. The summed E-state index contributed by atoms with van der Waals surface area (Å²) in [6.45, 7) is 4.85. The zero-order chi connectivity index (χ0) is 14.6. The van der Waals surface area contributed by atoms with E-state index in [0.717, 1.165) is 11.3 Å². The Morgan fingerprint density at radius 3 is 2.63 bits per heavy atom. The molecule has 0 aromatic carbocycles. The van der Waals surface area contributed by atoms with Gasteiger partial charge in [-0.1, -0.05) is 17.9 Å². The molecule has 0 aliphatic heterocycles. The van der Waals surface area contributed by atoms with Crippen LogP contribution < -0.4 is 5.32 Å². The molecule has 0 spiro atoms. The fourth-order valence-electron chi connectivity index (χ4n) is 1.16. The molecular formula is C11H12N2O5S. The number of amides is 1. The summed E-state index contributed by atoms with van der Waals surface area (Å²) in [5.74, 6) is -2.33. The average Bonchev–Trinajstić information content (AvgIpc) is 2.68. The summed E-state index contributed by atoms with van der Waals surface area (Å²) in [7, 11) is 1.25. The van der Waals surface area contributed by atoms with Crippen LogP contribution in [0.5, 0.6) is 0 Å². The van der Waals surface area contributed by atoms with Crippen molar-refractivity contribution in [3.63, 3.8) is 0 Å². The molecule has 0 aliphatic rings. The lowest BCUT2D eigenvalue weighted by atomic mass is 10.2. The number of carboxylic acid groups (broad SMARTS) is 1. The summed E-state index contributed by atoms with van der Waals surface area (Å²) in [4.78, 5) is 37.6. The van der Waals surface area contributed by atoms with Crippen molar-refractivity contribution in [2.45, 2.75) is 13.3 Å². The van der Waals surface area contributed by atoms with Gasteiger partial charge in [0, 0.05) is 5.57 Å². The quantitative estimate of drug-likeness (QED) is 0.622. The Morgan fingerprint density at radius 2 is 2.11 bits per heavy atom. The Morgan fingerprint density at radius 1 is 1.47 bits per heavy atom. The number of ether oxygens (including phenoxy) is 1. The second kappa shape index (κ2) is 6.10. The largest absolute Gasteiger partial charge is 0.478 e. The van der Waals surface area contributed by atoms with Gasteiger partial charge in [-0.05, 0) is 6.92 Å². The minimum Gasteiger partial charge on any atom is -0.478 e. The number of nitrogens with zero attached hydrogens (tertiary/aromatic N) is 1. The van der Waals surface area contributed by atoms with Crippen LogP contribution in [0.1, 0.15) is 21.8 Å². The number of aromatic nitrogens is 1. The van der Waals surface area contributed by atoms with Gasteiger partial charge < -0.3 is 15.2 Å². The smallest absolute Gasteiger partial charge is 0.350 e. The monoisotopic (exact) mass is 284 g/mol. The number of carbonyl (C=O) groups excluding carboxylic acids is 2. The third-order valence-corrected chi connectivity index (χ3v) is 3.14. The number of rotatable bonds is 5. The number of nitrogens with one attached hydrogen (secondary N) is 1. The molecular weight excluding hydrogens is 272 g/mol. The maximum absolute atomic E-state index is 11.5. The molecule has 1 rings (SSSR count). The van der Waals surface area contributed by atoms with Crippen molar-refractivity contribution < 1.29 is 24.2 Å². The fourth-order valence-corrected chi connectivity index (χ4v) is 2.07. The van der Waals surface area contributed by atoms with E-state index in [4.69, 9.17) is 5.11 Å². The highest BCUT2D eigenvalue weighted by Crippen LogP contribution is 2.23. The molecule has 102 valence electrons. The number of aryl methyl sites for hydroxylation is 1. The van der Waals surface area contributed by atoms with Gasteiger partial charge in [0.05, 0.1) is 19.2 Å². The molecule has 0 fully saturated rings. The number of carbonyl (C=O) groups is 3. The molecule has 1 heterocycles. The first-order chi connectivity index (χ1) is 8.85. The van der Waals surface area contributed by atoms with Crippen LogP contribution >= 0.6 is 11.3 Å². The van der Waals surface area contributed by atoms with Crippen molar-refractivity contribution in [1.29, 1.82) is 0 Å². The lowest BCUT2D eigenvalue weighted by Gasteiger charge is -2.00. The van der Waals surface area contributed by atoms with Crippen molar-refractivity contribution in [1.82, 2.24) is 4.98 Å². The number of methoxy groups -OCH3 is 1. The number of thiazole rings is 1. The molecule has 0 saturated heterocycles. The van der Waals surface area contributed by atoms with Crippen LogP contribution in [-0.4, -0.2) is 35.0 Å². The van der Waals surface area contributed by atoms with Crippen molar-refractivity contribution in [3.05, 3.63) is 22.7 Å². The van der Waals surface area contributed by atoms with Gasteiger partial charge in [-0.25, -0.2) is 14.6 Å². The van der Waals surface area contributed by atoms with Gasteiger partial charge in [0.1, 0.15) is 4.88 Å². The van der Waals surface area contributed by atoms with E-state index >= 15 is 0 Å². The third-order valence-electron chi connectivity index (χ3n) is 2.09. The lowest BCUT2D eigenvalue weighted by Crippen LogP contribution is -2.14. The number of hydrogen-bond acceptors (Lipinski definition) is 6. The highest BCUT2D eigenvalue weighted by molar-refractivity contribution is 7.17. The van der Waals surface area contributed by atoms with E-state index in [1.165, 1.54) is 7.11 Å². The topological polar surface area (TPSA) is 106 Å². The second-order valence-corrected chi connectivity index (χ2v) is 4.56. The van der Waals surface area contributed by atoms with Crippen LogP contribution in [-0.2, 0) is 14.3 Å². The van der Waals surface area contributed by atoms with Crippen LogP contribution in [0.25, 0.3) is 0 Å². The maximum atomic E-state index is 11.5. The van der Waals surface area contributed by atoms with Crippen LogP contribution in [0.4, 0.5) is 5.13 Å². The van der Waals surface area contributed by atoms with Crippen LogP contribution in [0, 0.1) is 6.92 Å². The van der Waals surface area contributed by atoms with E-state index in [0.29, 0.717) is 5.69 Å². The lowest BCUT2D eigenvalue weighted by molar-refractivity contribution is -0.133. The van der Waals surface area contributed by atoms with Gasteiger partial charge in [-0.3, -0.25) is 4.79 Å². The second-order valence-electron chi connectivity index (χ2n) is 3.56. The Labute approximate surface area is 112 Å². The summed E-state index contributed by atoms with van der Waals surface area (Å²) in [5.41, 5.74) is 0.211. The van der Waals surface area contributed by atoms with Gasteiger partial charge in [0.25, 0.3) is 0 Å². The van der Waals surface area contributed by atoms with Crippen LogP contribution in [0.2, 0.25) is 0 Å². The molecule has 0 bridgehead atoms. The SMILES string of the molecule is C=C(CC(=O)Nc1nc(C)c(C(=O)OC)s1)C(=O)O. The van der Waals surface area contributed by atoms with E-state index in [-0.39, 0.29) is 22.0 Å². The van der Waals surface area contributed by atoms with E-state index in [2.05, 4.69) is 21.6 Å². The number of anilines is 1. The van der Waals surface area contributed by atoms with Crippen molar-refractivity contribution in [2.24, 2.45) is 0 Å². The molecule has 2 N–H and O–H groups in total. The molecule has 1 amide bonds. The number of carboxylic acids is 1. The van der Waals surface area contributed by atoms with E-state index in [9.17, 15) is 14.4 Å². The highest BCUT2D eigenvalue weighted by atomic mass is 32.1. The van der Waals surface area contributed by atoms with E-state index in [1.807, 2.05) is 0 Å². The zero-order valence-electron chi connectivity index (χ0n) is 10.3. The van der Waals surface area contributed by atoms with E-state index < -0.39 is 17.8 Å². The molecule has 0 radical (unpaired) electrons. The first-order valence-corrected chi connectivity index (χ1v) is 5.93. The molecule has 7 nitrogen and oxygen atoms in total. The fraction of sp³-hybridized carbons (Fsp3) is 0.273. The van der Waals surface area contributed by atoms with Gasteiger partial charge in [0.15, 0.2) is 5.13 Å². The Kier molecular flexibility index (Phi) is 4.76. The summed E-state index contributed by atoms with van der Waals surface area (Å²) in [6.07, 6.45) is -0.346. The summed E-state index contributed by atoms with van der Waals surface area (Å²) in [6, 6.07) is 0. The van der Waals surface area contributed by atoms with Crippen LogP contribution in [0.15, 0.2) is 12.2 Å². The van der Waals surface area contributed by atoms with Gasteiger partial charge in [-0.2, -0.15) is 0 Å². The van der Waals surface area contributed by atoms with Crippen molar-refractivity contribution >= 4 is 34.3 Å². The molecule has 1 aromatic heterocycles. The number of hydrogen-bond donors (Lipinski definition) is 2. The molecule has 0 saturated carbocycles. The summed E-state index contributed by atoms with van der Waals surface area (Å²) >= 11 is 0.961. The highest BCUT2D eigenvalue weighted by Gasteiger charge is 2.17. The van der Waals surface area contributed by atoms with Crippen molar-refractivity contribution in [3.8, 4) is 0 Å². The first-order valence-electron chi connectivity index (χ1n) is 5.11. The van der Waals surface area contributed by atoms with Crippen LogP contribution in [0.3, 0.4) is 0 Å².